The molecule has 0 saturated heterocycles. The number of hydrogen-bond acceptors (Lipinski definition) is 4. The van der Waals surface area contributed by atoms with Crippen molar-refractivity contribution >= 4 is 5.91 Å². The van der Waals surface area contributed by atoms with E-state index in [4.69, 9.17) is 5.73 Å². The van der Waals surface area contributed by atoms with Crippen molar-refractivity contribution in [3.05, 3.63) is 54.9 Å². The Bertz CT molecular complexity index is 364. The number of rotatable bonds is 1. The summed E-state index contributed by atoms with van der Waals surface area (Å²) >= 11 is 0. The third-order valence-electron chi connectivity index (χ3n) is 1.39. The minimum Gasteiger partial charge on any atom is -0.364 e. The highest BCUT2D eigenvalue weighted by molar-refractivity contribution is 5.90. The number of carbonyl (C=O) groups excluding carboxylic acids is 1. The summed E-state index contributed by atoms with van der Waals surface area (Å²) in [7, 11) is 0. The first-order valence-electron chi connectivity index (χ1n) is 4.21. The molecule has 0 bridgehead atoms. The van der Waals surface area contributed by atoms with Gasteiger partial charge < -0.3 is 5.73 Å². The van der Waals surface area contributed by atoms with Gasteiger partial charge >= 0.3 is 0 Å². The summed E-state index contributed by atoms with van der Waals surface area (Å²) < 4.78 is 0. The standard InChI is InChI=1S/C6H6N2O.C4H4N2/c7-6(9)5-3-1-2-4-8-5;1-2-5-4-6-3-1/h1-4H,(H2,7,9);1-4H. The zero-order valence-electron chi connectivity index (χ0n) is 7.95. The Labute approximate surface area is 87.0 Å². The van der Waals surface area contributed by atoms with E-state index in [1.165, 1.54) is 12.5 Å². The van der Waals surface area contributed by atoms with E-state index < -0.39 is 5.91 Å². The van der Waals surface area contributed by atoms with Crippen molar-refractivity contribution < 1.29 is 4.79 Å². The summed E-state index contributed by atoms with van der Waals surface area (Å²) in [5, 5.41) is 0. The molecule has 0 spiro atoms. The molecule has 15 heavy (non-hydrogen) atoms. The first kappa shape index (κ1) is 10.8. The van der Waals surface area contributed by atoms with Crippen LogP contribution in [0.4, 0.5) is 0 Å². The topological polar surface area (TPSA) is 81.8 Å². The first-order valence-corrected chi connectivity index (χ1v) is 4.21. The molecule has 0 radical (unpaired) electrons. The molecule has 76 valence electrons. The summed E-state index contributed by atoms with van der Waals surface area (Å²) in [4.78, 5) is 21.4. The van der Waals surface area contributed by atoms with Crippen LogP contribution >= 0.6 is 0 Å². The third kappa shape index (κ3) is 4.47. The average molecular weight is 202 g/mol. The fraction of sp³-hybridized carbons (Fsp3) is 0. The highest BCUT2D eigenvalue weighted by atomic mass is 16.1. The van der Waals surface area contributed by atoms with E-state index in [0.717, 1.165) is 0 Å². The Morgan fingerprint density at radius 3 is 2.07 bits per heavy atom. The van der Waals surface area contributed by atoms with Gasteiger partial charge in [-0.25, -0.2) is 9.97 Å². The molecule has 1 amide bonds. The second-order valence-corrected chi connectivity index (χ2v) is 2.48. The molecule has 0 unspecified atom stereocenters. The van der Waals surface area contributed by atoms with Crippen LogP contribution < -0.4 is 5.73 Å². The molecule has 2 aromatic heterocycles. The monoisotopic (exact) mass is 202 g/mol. The molecule has 2 N–H and O–H groups in total. The van der Waals surface area contributed by atoms with Crippen LogP contribution in [-0.4, -0.2) is 20.9 Å². The van der Waals surface area contributed by atoms with E-state index in [9.17, 15) is 4.79 Å². The van der Waals surface area contributed by atoms with Crippen molar-refractivity contribution in [3.63, 3.8) is 0 Å². The van der Waals surface area contributed by atoms with Crippen LogP contribution in [0.5, 0.6) is 0 Å². The lowest BCUT2D eigenvalue weighted by atomic mass is 10.3. The molecule has 0 aliphatic rings. The van der Waals surface area contributed by atoms with Crippen LogP contribution in [-0.2, 0) is 0 Å². The normalized spacial score (nSPS) is 8.53. The molecular formula is C10H10N4O. The number of primary amides is 1. The van der Waals surface area contributed by atoms with E-state index in [1.807, 2.05) is 0 Å². The molecule has 0 saturated carbocycles. The molecule has 0 aliphatic heterocycles. The number of pyridine rings is 1. The van der Waals surface area contributed by atoms with Gasteiger partial charge in [-0.15, -0.1) is 0 Å². The van der Waals surface area contributed by atoms with Gasteiger partial charge in [0.25, 0.3) is 5.91 Å². The van der Waals surface area contributed by atoms with Gasteiger partial charge in [0, 0.05) is 18.6 Å². The van der Waals surface area contributed by atoms with E-state index in [-0.39, 0.29) is 0 Å². The largest absolute Gasteiger partial charge is 0.364 e. The lowest BCUT2D eigenvalue weighted by molar-refractivity contribution is 0.0995. The Kier molecular flexibility index (Phi) is 4.45. The molecular weight excluding hydrogens is 192 g/mol. The highest BCUT2D eigenvalue weighted by Gasteiger charge is 1.95. The minimum atomic E-state index is -0.490. The third-order valence-corrected chi connectivity index (χ3v) is 1.39. The van der Waals surface area contributed by atoms with E-state index in [1.54, 1.807) is 36.7 Å². The number of nitrogens with two attached hydrogens (primary N) is 1. The zero-order valence-corrected chi connectivity index (χ0v) is 7.95. The molecule has 0 aliphatic carbocycles. The van der Waals surface area contributed by atoms with Gasteiger partial charge in [-0.05, 0) is 18.2 Å². The number of amides is 1. The molecule has 0 atom stereocenters. The van der Waals surface area contributed by atoms with Gasteiger partial charge in [0.05, 0.1) is 0 Å². The van der Waals surface area contributed by atoms with Gasteiger partial charge in [0.15, 0.2) is 0 Å². The lowest BCUT2D eigenvalue weighted by Crippen LogP contribution is -2.12. The Hall–Kier alpha value is -2.30. The predicted octanol–water partition coefficient (Wildman–Crippen LogP) is 0.657. The fourth-order valence-corrected chi connectivity index (χ4v) is 0.762. The lowest BCUT2D eigenvalue weighted by Gasteiger charge is -1.88. The van der Waals surface area contributed by atoms with Crippen LogP contribution in [0, 0.1) is 0 Å². The predicted molar refractivity (Wildman–Crippen MR) is 54.8 cm³/mol. The van der Waals surface area contributed by atoms with Crippen LogP contribution in [0.15, 0.2) is 49.2 Å². The number of aromatic nitrogens is 3. The SMILES string of the molecule is NC(=O)c1ccccn1.c1cncnc1. The molecule has 5 nitrogen and oxygen atoms in total. The van der Waals surface area contributed by atoms with Crippen LogP contribution in [0.3, 0.4) is 0 Å². The average Bonchev–Trinajstić information content (AvgIpc) is 2.33. The van der Waals surface area contributed by atoms with Gasteiger partial charge in [0.1, 0.15) is 12.0 Å². The van der Waals surface area contributed by atoms with Gasteiger partial charge in [-0.3, -0.25) is 9.78 Å². The van der Waals surface area contributed by atoms with Crippen LogP contribution in [0.1, 0.15) is 10.5 Å². The van der Waals surface area contributed by atoms with Gasteiger partial charge in [-0.1, -0.05) is 6.07 Å². The maximum Gasteiger partial charge on any atom is 0.267 e. The molecule has 0 aromatic carbocycles. The van der Waals surface area contributed by atoms with Crippen LogP contribution in [0.25, 0.3) is 0 Å². The van der Waals surface area contributed by atoms with E-state index in [2.05, 4.69) is 15.0 Å². The fourth-order valence-electron chi connectivity index (χ4n) is 0.762. The zero-order chi connectivity index (χ0) is 10.9. The summed E-state index contributed by atoms with van der Waals surface area (Å²) in [5.74, 6) is -0.490. The molecule has 5 heteroatoms. The van der Waals surface area contributed by atoms with E-state index in [0.29, 0.717) is 5.69 Å². The second-order valence-electron chi connectivity index (χ2n) is 2.48. The molecule has 0 fully saturated rings. The maximum atomic E-state index is 10.4. The Morgan fingerprint density at radius 1 is 1.07 bits per heavy atom. The number of nitrogens with zero attached hydrogens (tertiary/aromatic N) is 3. The minimum absolute atomic E-state index is 0.303. The van der Waals surface area contributed by atoms with Gasteiger partial charge in [-0.2, -0.15) is 0 Å². The van der Waals surface area contributed by atoms with Crippen molar-refractivity contribution in [2.45, 2.75) is 0 Å². The van der Waals surface area contributed by atoms with Crippen molar-refractivity contribution in [2.24, 2.45) is 5.73 Å². The summed E-state index contributed by atoms with van der Waals surface area (Å²) in [6.45, 7) is 0. The Morgan fingerprint density at radius 2 is 1.80 bits per heavy atom. The molecule has 2 rings (SSSR count). The maximum absolute atomic E-state index is 10.4. The van der Waals surface area contributed by atoms with Gasteiger partial charge in [0.2, 0.25) is 0 Å². The Balaban J connectivity index is 0.000000162. The number of carbonyl (C=O) groups is 1. The smallest absolute Gasteiger partial charge is 0.267 e. The number of hydrogen-bond donors (Lipinski definition) is 1. The van der Waals surface area contributed by atoms with E-state index >= 15 is 0 Å². The summed E-state index contributed by atoms with van der Waals surface area (Å²) in [6.07, 6.45) is 6.40. The summed E-state index contributed by atoms with van der Waals surface area (Å²) in [5.41, 5.74) is 5.22. The quantitative estimate of drug-likeness (QED) is 0.736. The van der Waals surface area contributed by atoms with Crippen molar-refractivity contribution in [2.75, 3.05) is 0 Å². The van der Waals surface area contributed by atoms with Crippen molar-refractivity contribution in [3.8, 4) is 0 Å². The highest BCUT2D eigenvalue weighted by Crippen LogP contribution is 1.88. The summed E-state index contributed by atoms with van der Waals surface area (Å²) in [6, 6.07) is 6.79. The van der Waals surface area contributed by atoms with Crippen molar-refractivity contribution in [1.29, 1.82) is 0 Å². The van der Waals surface area contributed by atoms with Crippen molar-refractivity contribution in [1.82, 2.24) is 15.0 Å². The first-order chi connectivity index (χ1) is 7.30. The molecule has 2 heterocycles. The van der Waals surface area contributed by atoms with Crippen LogP contribution in [0.2, 0.25) is 0 Å². The second kappa shape index (κ2) is 6.20. The molecule has 2 aromatic rings.